The normalized spacial score (nSPS) is 11.5. The van der Waals surface area contributed by atoms with Crippen LogP contribution in [0.15, 0.2) is 33.7 Å². The Morgan fingerprint density at radius 3 is 3.00 bits per heavy atom. The summed E-state index contributed by atoms with van der Waals surface area (Å²) in [6.45, 7) is 2.15. The summed E-state index contributed by atoms with van der Waals surface area (Å²) in [7, 11) is 0. The van der Waals surface area contributed by atoms with Crippen LogP contribution >= 0.6 is 0 Å². The van der Waals surface area contributed by atoms with Gasteiger partial charge in [0.05, 0.1) is 10.9 Å². The van der Waals surface area contributed by atoms with E-state index in [1.165, 1.54) is 6.26 Å². The lowest BCUT2D eigenvalue weighted by atomic mass is 10.0. The molecule has 0 saturated carbocycles. The highest BCUT2D eigenvalue weighted by atomic mass is 16.3. The standard InChI is InChI=1S/C16H16N4O2/c1-2-3-4-11-5-7-14-13(9-11)16(21)12(10-22-14)6-8-15-17-19-20-18-15/h5-10H,2-4H2,1H3,(H,17,18,19,20)/b8-6+. The maximum atomic E-state index is 12.5. The quantitative estimate of drug-likeness (QED) is 0.782. The first-order valence-electron chi connectivity index (χ1n) is 7.24. The minimum absolute atomic E-state index is 0.0562. The number of fused-ring (bicyclic) bond motifs is 1. The summed E-state index contributed by atoms with van der Waals surface area (Å²) in [5.74, 6) is 0.413. The molecule has 1 N–H and O–H groups in total. The number of nitrogens with zero attached hydrogens (tertiary/aromatic N) is 3. The van der Waals surface area contributed by atoms with Gasteiger partial charge in [0.25, 0.3) is 0 Å². The van der Waals surface area contributed by atoms with E-state index in [1.807, 2.05) is 18.2 Å². The summed E-state index contributed by atoms with van der Waals surface area (Å²) in [5, 5.41) is 14.0. The maximum absolute atomic E-state index is 12.5. The van der Waals surface area contributed by atoms with Gasteiger partial charge in [-0.05, 0) is 47.9 Å². The summed E-state index contributed by atoms with van der Waals surface area (Å²) < 4.78 is 5.54. The molecule has 6 heteroatoms. The van der Waals surface area contributed by atoms with Crippen LogP contribution < -0.4 is 5.43 Å². The lowest BCUT2D eigenvalue weighted by Crippen LogP contribution is -2.05. The van der Waals surface area contributed by atoms with E-state index in [4.69, 9.17) is 4.42 Å². The highest BCUT2D eigenvalue weighted by molar-refractivity contribution is 5.80. The Morgan fingerprint density at radius 2 is 2.23 bits per heavy atom. The molecule has 0 saturated heterocycles. The van der Waals surface area contributed by atoms with Crippen LogP contribution in [0.4, 0.5) is 0 Å². The predicted octanol–water partition coefficient (Wildman–Crippen LogP) is 2.82. The molecule has 0 atom stereocenters. The molecule has 0 unspecified atom stereocenters. The van der Waals surface area contributed by atoms with Gasteiger partial charge in [0.2, 0.25) is 0 Å². The highest BCUT2D eigenvalue weighted by Gasteiger charge is 2.06. The van der Waals surface area contributed by atoms with Crippen molar-refractivity contribution in [1.29, 1.82) is 0 Å². The van der Waals surface area contributed by atoms with Gasteiger partial charge in [-0.25, -0.2) is 0 Å². The molecule has 0 spiro atoms. The van der Waals surface area contributed by atoms with Gasteiger partial charge in [-0.3, -0.25) is 4.79 Å². The summed E-state index contributed by atoms with van der Waals surface area (Å²) in [6, 6.07) is 5.78. The average Bonchev–Trinajstić information content (AvgIpc) is 3.06. The largest absolute Gasteiger partial charge is 0.463 e. The van der Waals surface area contributed by atoms with E-state index >= 15 is 0 Å². The fraction of sp³-hybridized carbons (Fsp3) is 0.250. The first-order chi connectivity index (χ1) is 10.8. The summed E-state index contributed by atoms with van der Waals surface area (Å²) in [4.78, 5) is 12.5. The molecular formula is C16H16N4O2. The van der Waals surface area contributed by atoms with Gasteiger partial charge in [0.1, 0.15) is 11.8 Å². The van der Waals surface area contributed by atoms with Crippen molar-refractivity contribution in [2.45, 2.75) is 26.2 Å². The minimum Gasteiger partial charge on any atom is -0.463 e. The highest BCUT2D eigenvalue weighted by Crippen LogP contribution is 2.16. The van der Waals surface area contributed by atoms with E-state index in [1.54, 1.807) is 12.2 Å². The van der Waals surface area contributed by atoms with Gasteiger partial charge in [-0.2, -0.15) is 5.21 Å². The fourth-order valence-electron chi connectivity index (χ4n) is 2.25. The van der Waals surface area contributed by atoms with E-state index in [9.17, 15) is 4.79 Å². The molecule has 2 heterocycles. The first-order valence-corrected chi connectivity index (χ1v) is 7.24. The second kappa shape index (κ2) is 6.34. The SMILES string of the molecule is CCCCc1ccc2occ(/C=C/c3nn[nH]n3)c(=O)c2c1. The second-order valence-corrected chi connectivity index (χ2v) is 5.06. The summed E-state index contributed by atoms with van der Waals surface area (Å²) in [6.07, 6.45) is 7.90. The number of nitrogens with one attached hydrogen (secondary N) is 1. The maximum Gasteiger partial charge on any atom is 0.199 e. The lowest BCUT2D eigenvalue weighted by Gasteiger charge is -2.03. The van der Waals surface area contributed by atoms with Crippen molar-refractivity contribution in [2.24, 2.45) is 0 Å². The zero-order chi connectivity index (χ0) is 15.4. The molecule has 6 nitrogen and oxygen atoms in total. The topological polar surface area (TPSA) is 84.7 Å². The van der Waals surface area contributed by atoms with Crippen molar-refractivity contribution in [3.63, 3.8) is 0 Å². The Labute approximate surface area is 126 Å². The number of hydrogen-bond donors (Lipinski definition) is 1. The van der Waals surface area contributed by atoms with Crippen LogP contribution in [0.25, 0.3) is 23.1 Å². The molecule has 0 aliphatic heterocycles. The fourth-order valence-corrected chi connectivity index (χ4v) is 2.25. The Bertz CT molecular complexity index is 850. The number of aromatic amines is 1. The number of hydrogen-bond acceptors (Lipinski definition) is 5. The smallest absolute Gasteiger partial charge is 0.199 e. The number of benzene rings is 1. The Balaban J connectivity index is 1.98. The molecule has 0 radical (unpaired) electrons. The van der Waals surface area contributed by atoms with Crippen molar-refractivity contribution in [3.05, 3.63) is 51.6 Å². The van der Waals surface area contributed by atoms with Crippen molar-refractivity contribution in [1.82, 2.24) is 20.6 Å². The molecule has 112 valence electrons. The third-order valence-corrected chi connectivity index (χ3v) is 3.46. The van der Waals surface area contributed by atoms with Crippen molar-refractivity contribution in [2.75, 3.05) is 0 Å². The predicted molar refractivity (Wildman–Crippen MR) is 84.2 cm³/mol. The van der Waals surface area contributed by atoms with Crippen molar-refractivity contribution in [3.8, 4) is 0 Å². The molecule has 3 rings (SSSR count). The summed E-state index contributed by atoms with van der Waals surface area (Å²) >= 11 is 0. The number of aromatic nitrogens is 4. The molecule has 3 aromatic rings. The van der Waals surface area contributed by atoms with Gasteiger partial charge in [-0.1, -0.05) is 19.4 Å². The van der Waals surface area contributed by atoms with E-state index in [-0.39, 0.29) is 5.43 Å². The molecule has 0 bridgehead atoms. The van der Waals surface area contributed by atoms with Crippen LogP contribution in [0, 0.1) is 0 Å². The molecule has 0 aliphatic rings. The Kier molecular flexibility index (Phi) is 4.09. The van der Waals surface area contributed by atoms with E-state index in [0.29, 0.717) is 22.4 Å². The van der Waals surface area contributed by atoms with Gasteiger partial charge in [0, 0.05) is 0 Å². The number of unbranched alkanes of at least 4 members (excludes halogenated alkanes) is 1. The van der Waals surface area contributed by atoms with Crippen LogP contribution in [0.1, 0.15) is 36.7 Å². The van der Waals surface area contributed by atoms with Crippen LogP contribution in [0.3, 0.4) is 0 Å². The van der Waals surface area contributed by atoms with Crippen LogP contribution in [-0.2, 0) is 6.42 Å². The van der Waals surface area contributed by atoms with Gasteiger partial charge >= 0.3 is 0 Å². The molecule has 2 aromatic heterocycles. The molecule has 0 fully saturated rings. The number of tetrazole rings is 1. The molecule has 0 aliphatic carbocycles. The average molecular weight is 296 g/mol. The van der Waals surface area contributed by atoms with Crippen LogP contribution in [0.5, 0.6) is 0 Å². The van der Waals surface area contributed by atoms with Gasteiger partial charge < -0.3 is 4.42 Å². The van der Waals surface area contributed by atoms with E-state index in [2.05, 4.69) is 27.5 Å². The monoisotopic (exact) mass is 296 g/mol. The second-order valence-electron chi connectivity index (χ2n) is 5.06. The zero-order valence-electron chi connectivity index (χ0n) is 12.2. The first kappa shape index (κ1) is 14.2. The Morgan fingerprint density at radius 1 is 1.32 bits per heavy atom. The van der Waals surface area contributed by atoms with Crippen molar-refractivity contribution >= 4 is 23.1 Å². The van der Waals surface area contributed by atoms with E-state index < -0.39 is 0 Å². The van der Waals surface area contributed by atoms with Gasteiger partial charge in [0.15, 0.2) is 11.3 Å². The molecule has 0 amide bonds. The molecule has 22 heavy (non-hydrogen) atoms. The van der Waals surface area contributed by atoms with Crippen molar-refractivity contribution < 1.29 is 4.42 Å². The van der Waals surface area contributed by atoms with Gasteiger partial charge in [-0.15, -0.1) is 10.2 Å². The van der Waals surface area contributed by atoms with E-state index in [0.717, 1.165) is 24.8 Å². The summed E-state index contributed by atoms with van der Waals surface area (Å²) in [5.41, 5.74) is 2.16. The molecule has 1 aromatic carbocycles. The minimum atomic E-state index is -0.0562. The number of H-pyrrole nitrogens is 1. The van der Waals surface area contributed by atoms with Crippen LogP contribution in [0.2, 0.25) is 0 Å². The Hall–Kier alpha value is -2.76. The molecular weight excluding hydrogens is 280 g/mol. The number of aryl methyl sites for hydroxylation is 1. The third-order valence-electron chi connectivity index (χ3n) is 3.46. The third kappa shape index (κ3) is 2.95. The lowest BCUT2D eigenvalue weighted by molar-refractivity contribution is 0.601. The zero-order valence-corrected chi connectivity index (χ0v) is 12.2. The number of rotatable bonds is 5. The van der Waals surface area contributed by atoms with Crippen LogP contribution in [-0.4, -0.2) is 20.6 Å².